The van der Waals surface area contributed by atoms with Crippen LogP contribution in [-0.4, -0.2) is 41.5 Å². The van der Waals surface area contributed by atoms with Crippen molar-refractivity contribution in [2.45, 2.75) is 37.8 Å². The van der Waals surface area contributed by atoms with Crippen LogP contribution >= 0.6 is 0 Å². The van der Waals surface area contributed by atoms with E-state index in [1.54, 1.807) is 0 Å². The fourth-order valence-corrected chi connectivity index (χ4v) is 3.66. The molecular formula is C17H20N2O5. The van der Waals surface area contributed by atoms with Gasteiger partial charge in [0.15, 0.2) is 11.5 Å². The number of ether oxygens (including phenoxy) is 2. The van der Waals surface area contributed by atoms with Crippen molar-refractivity contribution in [3.63, 3.8) is 0 Å². The Balaban J connectivity index is 1.54. The predicted molar refractivity (Wildman–Crippen MR) is 84.6 cm³/mol. The lowest BCUT2D eigenvalue weighted by atomic mass is 10.0. The van der Waals surface area contributed by atoms with Crippen molar-refractivity contribution in [3.8, 4) is 11.5 Å². The molecule has 4 rings (SSSR count). The number of benzene rings is 1. The average molecular weight is 332 g/mol. The van der Waals surface area contributed by atoms with Gasteiger partial charge in [-0.1, -0.05) is 6.07 Å². The molecule has 0 bridgehead atoms. The van der Waals surface area contributed by atoms with Crippen LogP contribution in [-0.2, 0) is 4.79 Å². The quantitative estimate of drug-likeness (QED) is 0.626. The summed E-state index contributed by atoms with van der Waals surface area (Å²) in [6.45, 7) is 1.93. The summed E-state index contributed by atoms with van der Waals surface area (Å²) in [5, 5.41) is 10.8. The summed E-state index contributed by atoms with van der Waals surface area (Å²) in [6, 6.07) is 5.11. The fraction of sp³-hybridized carbons (Fsp3) is 0.588. The first-order valence-corrected chi connectivity index (χ1v) is 8.48. The summed E-state index contributed by atoms with van der Waals surface area (Å²) in [5.41, 5.74) is 1.02. The van der Waals surface area contributed by atoms with Gasteiger partial charge in [0, 0.05) is 24.3 Å². The van der Waals surface area contributed by atoms with Gasteiger partial charge in [0.1, 0.15) is 5.92 Å². The Kier molecular flexibility index (Phi) is 3.78. The lowest BCUT2D eigenvalue weighted by Crippen LogP contribution is -2.33. The van der Waals surface area contributed by atoms with E-state index >= 15 is 0 Å². The molecule has 2 fully saturated rings. The van der Waals surface area contributed by atoms with Gasteiger partial charge in [0.2, 0.25) is 11.9 Å². The molecule has 128 valence electrons. The first-order chi connectivity index (χ1) is 11.6. The van der Waals surface area contributed by atoms with Gasteiger partial charge in [-0.2, -0.15) is 0 Å². The van der Waals surface area contributed by atoms with Crippen molar-refractivity contribution in [1.29, 1.82) is 0 Å². The van der Waals surface area contributed by atoms with Gasteiger partial charge in [0.25, 0.3) is 0 Å². The fourth-order valence-electron chi connectivity index (χ4n) is 3.66. The summed E-state index contributed by atoms with van der Waals surface area (Å²) in [4.78, 5) is 24.9. The second kappa shape index (κ2) is 5.96. The molecule has 1 aromatic carbocycles. The van der Waals surface area contributed by atoms with Crippen LogP contribution in [0.25, 0.3) is 0 Å². The van der Waals surface area contributed by atoms with Crippen molar-refractivity contribution in [2.75, 3.05) is 19.8 Å². The van der Waals surface area contributed by atoms with Gasteiger partial charge in [-0.3, -0.25) is 14.9 Å². The molecule has 2 aliphatic heterocycles. The number of likely N-dealkylation sites (tertiary alicyclic amines) is 1. The molecule has 1 aliphatic carbocycles. The molecule has 1 aromatic rings. The zero-order chi connectivity index (χ0) is 16.7. The number of hydrogen-bond acceptors (Lipinski definition) is 5. The highest BCUT2D eigenvalue weighted by Crippen LogP contribution is 2.42. The minimum Gasteiger partial charge on any atom is -0.490 e. The normalized spacial score (nSPS) is 28.3. The molecule has 0 unspecified atom stereocenters. The van der Waals surface area contributed by atoms with Crippen LogP contribution in [0.2, 0.25) is 0 Å². The Morgan fingerprint density at radius 1 is 1.21 bits per heavy atom. The number of carbonyl (C=O) groups is 1. The maximum Gasteiger partial charge on any atom is 0.233 e. The van der Waals surface area contributed by atoms with Crippen LogP contribution < -0.4 is 9.47 Å². The van der Waals surface area contributed by atoms with Crippen LogP contribution in [0.1, 0.15) is 37.3 Å². The summed E-state index contributed by atoms with van der Waals surface area (Å²) >= 11 is 0. The highest BCUT2D eigenvalue weighted by Gasteiger charge is 2.55. The van der Waals surface area contributed by atoms with Gasteiger partial charge in [-0.25, -0.2) is 0 Å². The molecule has 0 radical (unpaired) electrons. The Hall–Kier alpha value is -2.31. The maximum atomic E-state index is 12.6. The molecule has 7 heteroatoms. The maximum absolute atomic E-state index is 12.6. The molecule has 1 amide bonds. The second-order valence-corrected chi connectivity index (χ2v) is 6.64. The van der Waals surface area contributed by atoms with E-state index in [2.05, 4.69) is 0 Å². The van der Waals surface area contributed by atoms with E-state index in [0.29, 0.717) is 26.2 Å². The lowest BCUT2D eigenvalue weighted by molar-refractivity contribution is -0.497. The molecular weight excluding hydrogens is 312 g/mol. The van der Waals surface area contributed by atoms with Crippen molar-refractivity contribution in [2.24, 2.45) is 5.92 Å². The third-order valence-corrected chi connectivity index (χ3v) is 5.04. The summed E-state index contributed by atoms with van der Waals surface area (Å²) in [7, 11) is 0. The van der Waals surface area contributed by atoms with E-state index in [1.807, 2.05) is 23.1 Å². The Morgan fingerprint density at radius 2 is 2.00 bits per heavy atom. The van der Waals surface area contributed by atoms with Crippen LogP contribution in [0.15, 0.2) is 18.2 Å². The van der Waals surface area contributed by atoms with Crippen LogP contribution in [0, 0.1) is 16.0 Å². The zero-order valence-corrected chi connectivity index (χ0v) is 13.3. The number of carbonyl (C=O) groups excluding carboxylic acids is 1. The van der Waals surface area contributed by atoms with Gasteiger partial charge in [-0.15, -0.1) is 0 Å². The third kappa shape index (κ3) is 2.68. The van der Waals surface area contributed by atoms with Crippen LogP contribution in [0.5, 0.6) is 11.5 Å². The molecule has 1 saturated carbocycles. The number of nitro groups is 1. The minimum absolute atomic E-state index is 0.0253. The summed E-state index contributed by atoms with van der Waals surface area (Å²) in [5.74, 6) is 0.939. The smallest absolute Gasteiger partial charge is 0.233 e. The molecule has 3 atom stereocenters. The molecule has 0 N–H and O–H groups in total. The number of rotatable bonds is 3. The molecule has 0 aromatic heterocycles. The molecule has 7 nitrogen and oxygen atoms in total. The topological polar surface area (TPSA) is 81.9 Å². The van der Waals surface area contributed by atoms with E-state index in [4.69, 9.17) is 9.47 Å². The van der Waals surface area contributed by atoms with Crippen LogP contribution in [0.3, 0.4) is 0 Å². The molecule has 0 spiro atoms. The number of nitrogens with zero attached hydrogens (tertiary/aromatic N) is 2. The van der Waals surface area contributed by atoms with E-state index < -0.39 is 12.0 Å². The summed E-state index contributed by atoms with van der Waals surface area (Å²) in [6.07, 6.45) is 3.01. The van der Waals surface area contributed by atoms with Crippen molar-refractivity contribution >= 4 is 5.91 Å². The first kappa shape index (κ1) is 15.2. The number of amides is 1. The monoisotopic (exact) mass is 332 g/mol. The van der Waals surface area contributed by atoms with Gasteiger partial charge < -0.3 is 14.4 Å². The van der Waals surface area contributed by atoms with Crippen molar-refractivity contribution < 1.29 is 19.2 Å². The van der Waals surface area contributed by atoms with Gasteiger partial charge >= 0.3 is 0 Å². The van der Waals surface area contributed by atoms with E-state index in [0.717, 1.165) is 36.3 Å². The minimum atomic E-state index is -0.692. The van der Waals surface area contributed by atoms with Crippen molar-refractivity contribution in [3.05, 3.63) is 33.9 Å². The van der Waals surface area contributed by atoms with E-state index in [-0.39, 0.29) is 16.9 Å². The Morgan fingerprint density at radius 3 is 2.75 bits per heavy atom. The third-order valence-electron chi connectivity index (χ3n) is 5.04. The van der Waals surface area contributed by atoms with Crippen molar-refractivity contribution in [1.82, 2.24) is 4.90 Å². The van der Waals surface area contributed by atoms with E-state index in [1.165, 1.54) is 0 Å². The highest BCUT2D eigenvalue weighted by atomic mass is 16.6. The molecule has 1 saturated heterocycles. The molecule has 24 heavy (non-hydrogen) atoms. The van der Waals surface area contributed by atoms with E-state index in [9.17, 15) is 14.9 Å². The second-order valence-electron chi connectivity index (χ2n) is 6.64. The number of fused-ring (bicyclic) bond motifs is 1. The average Bonchev–Trinajstić information content (AvgIpc) is 3.29. The molecule has 3 aliphatic rings. The summed E-state index contributed by atoms with van der Waals surface area (Å²) < 4.78 is 11.4. The number of hydrogen-bond donors (Lipinski definition) is 0. The van der Waals surface area contributed by atoms with Gasteiger partial charge in [0.05, 0.1) is 19.3 Å². The van der Waals surface area contributed by atoms with Crippen LogP contribution in [0.4, 0.5) is 0 Å². The Bertz CT molecular complexity index is 677. The molecule has 2 heterocycles. The SMILES string of the molecule is O=C([C@@H]1C[C@H]1[N+](=O)[O-])N1CCC[C@H]1c1ccc2c(c1)OCCCO2. The zero-order valence-electron chi connectivity index (χ0n) is 13.3. The van der Waals surface area contributed by atoms with Gasteiger partial charge in [-0.05, 0) is 30.5 Å². The lowest BCUT2D eigenvalue weighted by Gasteiger charge is -2.25. The standard InChI is InChI=1S/C17H20N2O5/c20-17(12-10-14(12)19(21)22)18-6-1-3-13(18)11-4-5-15-16(9-11)24-8-2-7-23-15/h4-5,9,12-14H,1-3,6-8,10H2/t12-,13+,14-/m1/s1. The Labute approximate surface area is 139 Å². The first-order valence-electron chi connectivity index (χ1n) is 8.48. The predicted octanol–water partition coefficient (Wildman–Crippen LogP) is 2.18. The highest BCUT2D eigenvalue weighted by molar-refractivity contribution is 5.83. The largest absolute Gasteiger partial charge is 0.490 e.